The maximum atomic E-state index is 6.05. The van der Waals surface area contributed by atoms with Gasteiger partial charge in [0.25, 0.3) is 0 Å². The highest BCUT2D eigenvalue weighted by molar-refractivity contribution is 9.10. The molecule has 0 aromatic heterocycles. The van der Waals surface area contributed by atoms with Crippen molar-refractivity contribution in [3.05, 3.63) is 45.3 Å². The van der Waals surface area contributed by atoms with E-state index in [9.17, 15) is 0 Å². The van der Waals surface area contributed by atoms with E-state index in [1.165, 1.54) is 0 Å². The normalized spacial score (nSPS) is 12.6. The van der Waals surface area contributed by atoms with Crippen molar-refractivity contribution in [3.63, 3.8) is 0 Å². The van der Waals surface area contributed by atoms with E-state index < -0.39 is 0 Å². The van der Waals surface area contributed by atoms with Crippen LogP contribution in [0.4, 0.5) is 11.4 Å². The molecule has 116 valence electrons. The molecule has 2 aromatic carbocycles. The molecular formula is C16H14Br3NO2. The molecule has 3 nitrogen and oxygen atoms in total. The molecule has 3 rings (SSSR count). The van der Waals surface area contributed by atoms with Crippen LogP contribution in [0.1, 0.15) is 0 Å². The minimum absolute atomic E-state index is 0.663. The minimum Gasteiger partial charge on any atom is -0.453 e. The highest BCUT2D eigenvalue weighted by atomic mass is 79.9. The van der Waals surface area contributed by atoms with Gasteiger partial charge in [0, 0.05) is 20.8 Å². The fraction of sp³-hybridized carbons (Fsp3) is 0.250. The van der Waals surface area contributed by atoms with E-state index in [0.717, 1.165) is 43.7 Å². The Bertz CT molecular complexity index is 627. The van der Waals surface area contributed by atoms with Crippen LogP contribution in [0.2, 0.25) is 0 Å². The first-order valence-corrected chi connectivity index (χ1v) is 9.58. The van der Waals surface area contributed by atoms with Crippen LogP contribution in [0.15, 0.2) is 45.3 Å². The Hall–Kier alpha value is -0.560. The number of alkyl halides is 1. The number of halogens is 3. The minimum atomic E-state index is 0.663. The molecule has 0 atom stereocenters. The lowest BCUT2D eigenvalue weighted by molar-refractivity contribution is 0.158. The number of rotatable bonds is 5. The zero-order valence-corrected chi connectivity index (χ0v) is 16.4. The van der Waals surface area contributed by atoms with Crippen molar-refractivity contribution >= 4 is 59.2 Å². The predicted molar refractivity (Wildman–Crippen MR) is 100.0 cm³/mol. The Morgan fingerprint density at radius 1 is 0.909 bits per heavy atom. The summed E-state index contributed by atoms with van der Waals surface area (Å²) in [5, 5.41) is 0.850. The number of ether oxygens (including phenoxy) is 2. The van der Waals surface area contributed by atoms with Gasteiger partial charge in [0.1, 0.15) is 0 Å². The van der Waals surface area contributed by atoms with Crippen LogP contribution in [-0.4, -0.2) is 25.1 Å². The van der Waals surface area contributed by atoms with Gasteiger partial charge in [-0.15, -0.1) is 0 Å². The Balaban J connectivity index is 1.93. The summed E-state index contributed by atoms with van der Waals surface area (Å²) in [6.45, 7) is 2.15. The van der Waals surface area contributed by atoms with Gasteiger partial charge in [0.15, 0.2) is 11.5 Å². The summed E-state index contributed by atoms with van der Waals surface area (Å²) in [6.07, 6.45) is 0. The number of benzene rings is 2. The summed E-state index contributed by atoms with van der Waals surface area (Å²) in [4.78, 5) is 2.24. The molecule has 0 aliphatic carbocycles. The molecule has 1 aliphatic heterocycles. The molecule has 0 unspecified atom stereocenters. The van der Waals surface area contributed by atoms with Gasteiger partial charge in [0.05, 0.1) is 24.6 Å². The van der Waals surface area contributed by atoms with E-state index in [1.54, 1.807) is 0 Å². The van der Waals surface area contributed by atoms with E-state index in [2.05, 4.69) is 64.8 Å². The zero-order valence-electron chi connectivity index (χ0n) is 11.7. The fourth-order valence-corrected chi connectivity index (χ4v) is 3.30. The third-order valence-electron chi connectivity index (χ3n) is 3.33. The molecule has 0 amide bonds. The van der Waals surface area contributed by atoms with Gasteiger partial charge >= 0.3 is 0 Å². The number of fused-ring (bicyclic) bond motifs is 2. The quantitative estimate of drug-likeness (QED) is 0.386. The second kappa shape index (κ2) is 7.34. The first-order chi connectivity index (χ1) is 10.7. The number of anilines is 2. The van der Waals surface area contributed by atoms with Crippen LogP contribution >= 0.6 is 47.8 Å². The van der Waals surface area contributed by atoms with Gasteiger partial charge in [0.2, 0.25) is 0 Å². The SMILES string of the molecule is BrCCOCCN1c2ccc(Br)cc2Oc2cc(Br)ccc21. The summed E-state index contributed by atoms with van der Waals surface area (Å²) in [7, 11) is 0. The predicted octanol–water partition coefficient (Wildman–Crippen LogP) is 5.87. The zero-order chi connectivity index (χ0) is 15.5. The van der Waals surface area contributed by atoms with Gasteiger partial charge < -0.3 is 14.4 Å². The Kier molecular flexibility index (Phi) is 5.44. The first kappa shape index (κ1) is 16.3. The lowest BCUT2D eigenvalue weighted by atomic mass is 10.1. The molecule has 0 saturated heterocycles. The average molecular weight is 492 g/mol. The molecule has 0 N–H and O–H groups in total. The maximum Gasteiger partial charge on any atom is 0.152 e. The molecule has 1 aliphatic rings. The smallest absolute Gasteiger partial charge is 0.152 e. The average Bonchev–Trinajstić information content (AvgIpc) is 2.50. The molecule has 2 aromatic rings. The van der Waals surface area contributed by atoms with Crippen LogP contribution in [0.5, 0.6) is 11.5 Å². The Labute approximate surface area is 155 Å². The highest BCUT2D eigenvalue weighted by Crippen LogP contribution is 2.47. The van der Waals surface area contributed by atoms with Crippen LogP contribution in [0.3, 0.4) is 0 Å². The van der Waals surface area contributed by atoms with E-state index in [1.807, 2.05) is 24.3 Å². The van der Waals surface area contributed by atoms with E-state index in [0.29, 0.717) is 13.2 Å². The van der Waals surface area contributed by atoms with E-state index >= 15 is 0 Å². The van der Waals surface area contributed by atoms with Crippen LogP contribution in [0, 0.1) is 0 Å². The monoisotopic (exact) mass is 489 g/mol. The maximum absolute atomic E-state index is 6.05. The molecule has 0 spiro atoms. The van der Waals surface area contributed by atoms with Crippen molar-refractivity contribution in [2.75, 3.05) is 30.0 Å². The first-order valence-electron chi connectivity index (χ1n) is 6.87. The second-order valence-corrected chi connectivity index (χ2v) is 7.40. The van der Waals surface area contributed by atoms with Crippen molar-refractivity contribution in [1.29, 1.82) is 0 Å². The van der Waals surface area contributed by atoms with Crippen LogP contribution in [-0.2, 0) is 4.74 Å². The van der Waals surface area contributed by atoms with Crippen molar-refractivity contribution in [1.82, 2.24) is 0 Å². The highest BCUT2D eigenvalue weighted by Gasteiger charge is 2.24. The van der Waals surface area contributed by atoms with Gasteiger partial charge in [-0.3, -0.25) is 0 Å². The second-order valence-electron chi connectivity index (χ2n) is 4.78. The van der Waals surface area contributed by atoms with Gasteiger partial charge in [-0.25, -0.2) is 0 Å². The van der Waals surface area contributed by atoms with Crippen LogP contribution < -0.4 is 9.64 Å². The van der Waals surface area contributed by atoms with Crippen LogP contribution in [0.25, 0.3) is 0 Å². The number of hydrogen-bond acceptors (Lipinski definition) is 3. The molecule has 0 bridgehead atoms. The fourth-order valence-electron chi connectivity index (χ4n) is 2.39. The molecule has 6 heteroatoms. The summed E-state index contributed by atoms with van der Waals surface area (Å²) < 4.78 is 13.7. The van der Waals surface area contributed by atoms with Crippen molar-refractivity contribution in [3.8, 4) is 11.5 Å². The van der Waals surface area contributed by atoms with Crippen molar-refractivity contribution in [2.45, 2.75) is 0 Å². The standard InChI is InChI=1S/C16H14Br3NO2/c17-5-7-21-8-6-20-13-3-1-11(18)9-15(13)22-16-10-12(19)2-4-14(16)20/h1-4,9-10H,5-8H2. The van der Waals surface area contributed by atoms with Gasteiger partial charge in [-0.2, -0.15) is 0 Å². The van der Waals surface area contributed by atoms with Crippen molar-refractivity contribution in [2.24, 2.45) is 0 Å². The molecule has 0 saturated carbocycles. The summed E-state index contributed by atoms with van der Waals surface area (Å²) >= 11 is 10.4. The number of nitrogens with zero attached hydrogens (tertiary/aromatic N) is 1. The molecule has 0 fully saturated rings. The Morgan fingerprint density at radius 3 is 2.05 bits per heavy atom. The Morgan fingerprint density at radius 2 is 1.50 bits per heavy atom. The third-order valence-corrected chi connectivity index (χ3v) is 4.64. The van der Waals surface area contributed by atoms with Gasteiger partial charge in [-0.1, -0.05) is 47.8 Å². The lowest BCUT2D eigenvalue weighted by Gasteiger charge is -2.33. The third kappa shape index (κ3) is 3.50. The molecule has 22 heavy (non-hydrogen) atoms. The largest absolute Gasteiger partial charge is 0.453 e. The van der Waals surface area contributed by atoms with Crippen molar-refractivity contribution < 1.29 is 9.47 Å². The number of hydrogen-bond donors (Lipinski definition) is 0. The van der Waals surface area contributed by atoms with Gasteiger partial charge in [-0.05, 0) is 36.4 Å². The lowest BCUT2D eigenvalue weighted by Crippen LogP contribution is -2.25. The topological polar surface area (TPSA) is 21.7 Å². The molecule has 0 radical (unpaired) electrons. The summed E-state index contributed by atoms with van der Waals surface area (Å²) in [5.74, 6) is 1.70. The van der Waals surface area contributed by atoms with E-state index in [-0.39, 0.29) is 0 Å². The molecule has 1 heterocycles. The van der Waals surface area contributed by atoms with E-state index in [4.69, 9.17) is 9.47 Å². The summed E-state index contributed by atoms with van der Waals surface area (Å²) in [5.41, 5.74) is 2.11. The molecular weight excluding hydrogens is 478 g/mol. The summed E-state index contributed by atoms with van der Waals surface area (Å²) in [6, 6.07) is 12.2.